The van der Waals surface area contributed by atoms with Crippen LogP contribution in [0.15, 0.2) is 72.8 Å². The summed E-state index contributed by atoms with van der Waals surface area (Å²) in [6, 6.07) is 16.3. The van der Waals surface area contributed by atoms with Crippen molar-refractivity contribution < 1.29 is 82.0 Å². The molecule has 1 aliphatic heterocycles. The van der Waals surface area contributed by atoms with Crippen LogP contribution in [0.2, 0.25) is 0 Å². The van der Waals surface area contributed by atoms with Crippen LogP contribution in [0.4, 0.5) is 0 Å². The second kappa shape index (κ2) is 44.1. The zero-order valence-electron chi connectivity index (χ0n) is 45.9. The van der Waals surface area contributed by atoms with Crippen LogP contribution in [0, 0.1) is 11.8 Å². The van der Waals surface area contributed by atoms with Gasteiger partial charge in [0, 0.05) is 76.0 Å². The van der Waals surface area contributed by atoms with Crippen molar-refractivity contribution >= 4 is 130 Å². The normalized spacial score (nSPS) is 15.2. The Balaban J connectivity index is -0.00000157. The maximum absolute atomic E-state index is 13.0. The van der Waals surface area contributed by atoms with E-state index in [1.54, 1.807) is 24.3 Å². The second-order valence-corrected chi connectivity index (χ2v) is 18.7. The summed E-state index contributed by atoms with van der Waals surface area (Å²) in [4.78, 5) is 157. The quantitative estimate of drug-likeness (QED) is 0.0366. The van der Waals surface area contributed by atoms with Gasteiger partial charge in [-0.25, -0.2) is 9.59 Å². The highest BCUT2D eigenvalue weighted by atomic mass is 32.1. The van der Waals surface area contributed by atoms with Gasteiger partial charge in [-0.05, 0) is 69.4 Å². The second-order valence-electron chi connectivity index (χ2n) is 18.7. The van der Waals surface area contributed by atoms with Crippen LogP contribution < -0.4 is 32.3 Å². The smallest absolute Gasteiger partial charge is 0.332 e. The van der Waals surface area contributed by atoms with Crippen LogP contribution in [0.1, 0.15) is 109 Å². The first kappa shape index (κ1) is 80.8. The predicted octanol–water partition coefficient (Wildman–Crippen LogP) is 1.85. The average molecular weight is 1240 g/mol. The molecule has 28 heteroatoms. The molecular formula is C55H83N7O17S4. The minimum Gasteiger partial charge on any atom is -0.479 e. The molecular weight excluding hydrogens is 1160 g/mol. The van der Waals surface area contributed by atoms with Crippen molar-refractivity contribution in [3.05, 3.63) is 83.9 Å². The SMILES string of the molecule is C.C[C@H](OCNC(=O)CCC(=O)[C@H](Cc1ccccc1)NC(=O)CCC(=O)CN)C(=O)O.C[C@H](OCNC(=O)CCC(=O)[C@H](Cc1ccccc1)NC(=O)CCC(=O)CNC(=O)C1CCC(CN2C(=O)C=CC2=O)CC1)C(=O)O.S.S.S.S. The summed E-state index contributed by atoms with van der Waals surface area (Å²) in [5.74, 6) is -6.68. The van der Waals surface area contributed by atoms with E-state index in [4.69, 9.17) is 25.4 Å². The number of Topliss-reactive ketones (excluding diaryl/α,β-unsaturated/α-hetero) is 4. The molecule has 1 heterocycles. The molecule has 0 unspecified atom stereocenters. The van der Waals surface area contributed by atoms with E-state index < -0.39 is 59.9 Å². The van der Waals surface area contributed by atoms with E-state index in [-0.39, 0.29) is 205 Å². The molecule has 0 bridgehead atoms. The van der Waals surface area contributed by atoms with Crippen LogP contribution in [0.25, 0.3) is 0 Å². The van der Waals surface area contributed by atoms with Gasteiger partial charge in [-0.1, -0.05) is 68.1 Å². The molecule has 0 spiro atoms. The highest BCUT2D eigenvalue weighted by molar-refractivity contribution is 7.59. The van der Waals surface area contributed by atoms with Crippen molar-refractivity contribution in [2.24, 2.45) is 17.6 Å². The summed E-state index contributed by atoms with van der Waals surface area (Å²) in [6.07, 6.45) is 2.19. The lowest BCUT2D eigenvalue weighted by atomic mass is 9.81. The summed E-state index contributed by atoms with van der Waals surface area (Å²) >= 11 is 0. The molecule has 0 radical (unpaired) electrons. The maximum Gasteiger partial charge on any atom is 0.332 e. The fraction of sp³-hybridized carbons (Fsp3) is 0.509. The van der Waals surface area contributed by atoms with E-state index in [0.29, 0.717) is 32.2 Å². The van der Waals surface area contributed by atoms with E-state index in [0.717, 1.165) is 11.1 Å². The number of benzene rings is 2. The average Bonchev–Trinajstić information content (AvgIpc) is 3.76. The number of carbonyl (C=O) groups excluding carboxylic acids is 11. The van der Waals surface area contributed by atoms with E-state index >= 15 is 0 Å². The standard InChI is InChI=1S/C33H42N4O10.C21H29N3O7.CH4.4H2S/c1-21(33(45)46)47-20-35-28(40)14-12-27(39)26(17-22-5-3-2-4-6-22)36-29(41)13-11-25(38)18-34-32(44)24-9-7-23(8-10-24)19-37-30(42)15-16-31(37)43;1-14(21(29)30)31-13-23-19(27)10-8-18(26)17(11-15-5-3-2-4-6-15)24-20(28)9-7-16(25)12-22;;;;;/h2-6,15-16,21,23-24,26H,7-14,17-20H2,1H3,(H,34,44)(H,35,40)(H,36,41)(H,45,46);2-6,14,17H,7-13,22H2,1H3,(H,23,27)(H,24,28)(H,29,30);1H4;4*1H2/t21-,23?,24?,26-;14-,17-;;;;;/m00...../s1. The van der Waals surface area contributed by atoms with Crippen molar-refractivity contribution in [3.8, 4) is 0 Å². The third-order valence-corrected chi connectivity index (χ3v) is 12.6. The van der Waals surface area contributed by atoms with Crippen LogP contribution >= 0.6 is 54.0 Å². The predicted molar refractivity (Wildman–Crippen MR) is 325 cm³/mol. The fourth-order valence-corrected chi connectivity index (χ4v) is 7.86. The Kier molecular flexibility index (Phi) is 43.0. The number of amides is 7. The van der Waals surface area contributed by atoms with Crippen molar-refractivity contribution in [1.82, 2.24) is 31.5 Å². The van der Waals surface area contributed by atoms with E-state index in [2.05, 4.69) is 26.6 Å². The number of hydrogen-bond acceptors (Lipinski definition) is 16. The molecule has 1 saturated carbocycles. The number of imide groups is 1. The Labute approximate surface area is 511 Å². The molecule has 1 aliphatic carbocycles. The fourth-order valence-electron chi connectivity index (χ4n) is 7.86. The molecule has 464 valence electrons. The molecule has 1 fully saturated rings. The third kappa shape index (κ3) is 32.9. The number of ketones is 4. The Morgan fingerprint density at radius 3 is 1.33 bits per heavy atom. The lowest BCUT2D eigenvalue weighted by Gasteiger charge is -2.29. The van der Waals surface area contributed by atoms with Crippen molar-refractivity contribution in [2.75, 3.05) is 33.1 Å². The number of carbonyl (C=O) groups is 13. The lowest BCUT2D eigenvalue weighted by molar-refractivity contribution is -0.151. The number of rotatable bonds is 34. The monoisotopic (exact) mass is 1240 g/mol. The van der Waals surface area contributed by atoms with Crippen molar-refractivity contribution in [1.29, 1.82) is 0 Å². The number of carboxylic acids is 2. The Morgan fingerprint density at radius 2 is 0.940 bits per heavy atom. The minimum absolute atomic E-state index is 0. The van der Waals surface area contributed by atoms with Crippen molar-refractivity contribution in [2.45, 2.75) is 135 Å². The van der Waals surface area contributed by atoms with Crippen LogP contribution in [0.5, 0.6) is 0 Å². The highest BCUT2D eigenvalue weighted by Gasteiger charge is 2.32. The number of aliphatic carboxylic acids is 2. The highest BCUT2D eigenvalue weighted by Crippen LogP contribution is 2.30. The Morgan fingerprint density at radius 1 is 0.554 bits per heavy atom. The van der Waals surface area contributed by atoms with Crippen LogP contribution in [-0.2, 0) is 84.6 Å². The van der Waals surface area contributed by atoms with Gasteiger partial charge in [0.1, 0.15) is 19.2 Å². The van der Waals surface area contributed by atoms with Gasteiger partial charge in [-0.3, -0.25) is 57.6 Å². The van der Waals surface area contributed by atoms with Gasteiger partial charge in [0.2, 0.25) is 29.5 Å². The lowest BCUT2D eigenvalue weighted by Crippen LogP contribution is -2.43. The number of nitrogens with two attached hydrogens (primary N) is 1. The zero-order valence-corrected chi connectivity index (χ0v) is 49.9. The molecule has 83 heavy (non-hydrogen) atoms. The van der Waals surface area contributed by atoms with Gasteiger partial charge in [-0.15, -0.1) is 0 Å². The maximum atomic E-state index is 13.0. The molecule has 24 nitrogen and oxygen atoms in total. The molecule has 0 aromatic heterocycles. The summed E-state index contributed by atoms with van der Waals surface area (Å²) in [5.41, 5.74) is 6.85. The van der Waals surface area contributed by atoms with Gasteiger partial charge in [0.25, 0.3) is 11.8 Å². The number of nitrogens with zero attached hydrogens (tertiary/aromatic N) is 1. The van der Waals surface area contributed by atoms with Gasteiger partial charge in [-0.2, -0.15) is 54.0 Å². The van der Waals surface area contributed by atoms with E-state index in [9.17, 15) is 62.3 Å². The van der Waals surface area contributed by atoms with Crippen LogP contribution in [0.3, 0.4) is 0 Å². The molecule has 2 aromatic rings. The first-order chi connectivity index (χ1) is 37.1. The number of hydrogen-bond donors (Lipinski definition) is 8. The van der Waals surface area contributed by atoms with E-state index in [1.165, 1.54) is 30.9 Å². The molecule has 4 rings (SSSR count). The number of carboxylic acid groups (broad SMARTS) is 2. The molecule has 0 saturated heterocycles. The number of nitrogens with one attached hydrogen (secondary N) is 5. The number of ether oxygens (including phenoxy) is 2. The largest absolute Gasteiger partial charge is 0.479 e. The first-order valence-electron chi connectivity index (χ1n) is 25.6. The Hall–Kier alpha value is -6.43. The summed E-state index contributed by atoms with van der Waals surface area (Å²) in [7, 11) is 0. The van der Waals surface area contributed by atoms with Gasteiger partial charge >= 0.3 is 11.9 Å². The van der Waals surface area contributed by atoms with E-state index in [1.807, 2.05) is 36.4 Å². The first-order valence-corrected chi connectivity index (χ1v) is 25.6. The summed E-state index contributed by atoms with van der Waals surface area (Å²) in [6.45, 7) is 1.98. The van der Waals surface area contributed by atoms with Crippen molar-refractivity contribution in [3.63, 3.8) is 0 Å². The molecule has 7 amide bonds. The molecule has 2 aromatic carbocycles. The molecule has 4 atom stereocenters. The molecule has 9 N–H and O–H groups in total. The third-order valence-electron chi connectivity index (χ3n) is 12.6. The topological polar surface area (TPSA) is 370 Å². The van der Waals surface area contributed by atoms with Gasteiger partial charge < -0.3 is 52.0 Å². The summed E-state index contributed by atoms with van der Waals surface area (Å²) in [5, 5.41) is 30.3. The molecule has 2 aliphatic rings. The van der Waals surface area contributed by atoms with Crippen LogP contribution in [-0.4, -0.2) is 149 Å². The van der Waals surface area contributed by atoms with Gasteiger partial charge in [0.15, 0.2) is 29.6 Å². The van der Waals surface area contributed by atoms with Gasteiger partial charge in [0.05, 0.1) is 25.2 Å². The zero-order chi connectivity index (χ0) is 57.6. The summed E-state index contributed by atoms with van der Waals surface area (Å²) < 4.78 is 9.86. The minimum atomic E-state index is -1.18. The Bertz CT molecular complexity index is 2450.